The first-order valence-corrected chi connectivity index (χ1v) is 51.1. The van der Waals surface area contributed by atoms with Crippen molar-refractivity contribution in [3.63, 3.8) is 0 Å². The minimum Gasteiger partial charge on any atom is -0.394 e. The summed E-state index contributed by atoms with van der Waals surface area (Å²) >= 11 is 0. The third kappa shape index (κ3) is 21.4. The fourth-order valence-corrected chi connectivity index (χ4v) is 22.5. The van der Waals surface area contributed by atoms with E-state index in [2.05, 4.69) is 64.8 Å². The molecule has 7 aliphatic rings. The number of anilines is 5. The number of phosphoric acid groups is 6. The number of fused-ring (bicyclic) bond motifs is 4. The van der Waals surface area contributed by atoms with Gasteiger partial charge in [-0.2, -0.15) is 9.97 Å². The summed E-state index contributed by atoms with van der Waals surface area (Å²) in [6, 6.07) is 2.60. The largest absolute Gasteiger partial charge is 0.472 e. The molecular formula is C67H83N27O46P6. The van der Waals surface area contributed by atoms with Crippen LogP contribution in [0.2, 0.25) is 0 Å². The van der Waals surface area contributed by atoms with E-state index < -0.39 is 322 Å². The maximum Gasteiger partial charge on any atom is 0.472 e. The van der Waals surface area contributed by atoms with Crippen LogP contribution >= 0.6 is 46.9 Å². The lowest BCUT2D eigenvalue weighted by Gasteiger charge is -2.27. The third-order valence-corrected chi connectivity index (χ3v) is 29.3. The molecule has 7 fully saturated rings. The molecule has 0 aromatic carbocycles. The van der Waals surface area contributed by atoms with Crippen molar-refractivity contribution >= 4 is 121 Å². The highest BCUT2D eigenvalue weighted by molar-refractivity contribution is 7.48. The Bertz CT molecular complexity index is 7450. The molecule has 6 unspecified atom stereocenters. The molecular weight excluding hydrogens is 2100 g/mol. The van der Waals surface area contributed by atoms with E-state index in [-0.39, 0.29) is 50.9 Å². The Labute approximate surface area is 805 Å². The van der Waals surface area contributed by atoms with Crippen LogP contribution in [-0.2, 0) is 115 Å². The molecule has 0 saturated carbocycles. The van der Waals surface area contributed by atoms with Gasteiger partial charge in [0.1, 0.15) is 170 Å². The summed E-state index contributed by atoms with van der Waals surface area (Å²) in [5, 5.41) is 104. The van der Waals surface area contributed by atoms with E-state index in [4.69, 9.17) is 116 Å². The minimum absolute atomic E-state index is 0.00765. The van der Waals surface area contributed by atoms with Gasteiger partial charge in [-0.05, 0) is 6.07 Å². The van der Waals surface area contributed by atoms with Crippen molar-refractivity contribution in [2.24, 2.45) is 0 Å². The zero-order valence-electron chi connectivity index (χ0n) is 73.1. The number of hydrogen-bond acceptors (Lipinski definition) is 57. The van der Waals surface area contributed by atoms with E-state index >= 15 is 0 Å². The number of hydrogen-bond donors (Lipinski definition) is 23. The molecule has 11 aromatic rings. The van der Waals surface area contributed by atoms with Crippen LogP contribution in [0.5, 0.6) is 0 Å². The molecule has 792 valence electrons. The predicted molar refractivity (Wildman–Crippen MR) is 464 cm³/mol. The molecule has 146 heavy (non-hydrogen) atoms. The van der Waals surface area contributed by atoms with Crippen LogP contribution < -0.4 is 62.4 Å². The summed E-state index contributed by atoms with van der Waals surface area (Å²) in [5.74, 6) is -1.49. The average molecular weight is 2190 g/mol. The van der Waals surface area contributed by atoms with Crippen molar-refractivity contribution in [2.45, 2.75) is 172 Å². The zero-order chi connectivity index (χ0) is 104. The number of nitrogens with two attached hydrogens (primary N) is 5. The summed E-state index contributed by atoms with van der Waals surface area (Å²) in [6.07, 6.45) is -49.8. The maximum atomic E-state index is 14.7. The van der Waals surface area contributed by atoms with Crippen LogP contribution in [0.4, 0.5) is 29.2 Å². The number of rotatable bonds is 38. The molecule has 18 heterocycles. The van der Waals surface area contributed by atoms with Crippen molar-refractivity contribution in [1.82, 2.24) is 107 Å². The van der Waals surface area contributed by atoms with Crippen LogP contribution in [0.1, 0.15) is 43.6 Å². The number of aliphatic hydroxyl groups is 9. The Morgan fingerprint density at radius 2 is 0.589 bits per heavy atom. The summed E-state index contributed by atoms with van der Waals surface area (Å²) in [6.45, 7) is -9.33. The van der Waals surface area contributed by atoms with Crippen molar-refractivity contribution in [2.75, 3.05) is 74.9 Å². The smallest absolute Gasteiger partial charge is 0.394 e. The Balaban J connectivity index is 0.574. The van der Waals surface area contributed by atoms with E-state index in [1.54, 1.807) is 0 Å². The van der Waals surface area contributed by atoms with Crippen molar-refractivity contribution in [3.05, 3.63) is 144 Å². The Hall–Kier alpha value is -10.7. The highest BCUT2D eigenvalue weighted by Gasteiger charge is 2.60. The third-order valence-electron chi connectivity index (χ3n) is 23.4. The molecule has 7 saturated heterocycles. The molecule has 0 radical (unpaired) electrons. The summed E-state index contributed by atoms with van der Waals surface area (Å²) < 4.78 is 197. The van der Waals surface area contributed by atoms with Gasteiger partial charge in [-0.15, -0.1) is 0 Å². The number of phosphoric ester groups is 6. The second kappa shape index (κ2) is 41.0. The SMILES string of the molecule is Nc1ccn([C@@H]2O[C@H](COP(=O)(O)O[C@H]3[C@@H](O)[C@H](n4cnc5c(=O)[nH]c(N)nc54)O[C@@H]3COP(=O)(O)O[C@H]3[C@@H](O)[C@H](n4ccc(=O)[nH]c4=O)O[C@@H]3COP(=O)(O)O[C@H]3[C@@H](O)[C@H](n4cnc5c(N)ncnc54)O[C@@H]3COP(=O)(O)O[C@H]3[C@@H](O)[C@H](n4cnc5c(N)ncnc54)O[C@@H]3CO)[C@@H](OP(=O)(O)OC[C@H]3O[C@@H](n4cnc5c(N)ncnc54)[C@H](O)[C@@H]3OP(=O)(O)OC[C@H]3O[C@@H](n4ccc(=O)[nH]c4=O)[C@H](O)[C@@H]3O)[C@H]2O)c(=O)n1. The van der Waals surface area contributed by atoms with Crippen molar-refractivity contribution in [1.29, 1.82) is 0 Å². The van der Waals surface area contributed by atoms with Crippen LogP contribution in [0, 0.1) is 0 Å². The number of aromatic nitrogens is 22. The molecule has 0 amide bonds. The molecule has 34 atom stereocenters. The van der Waals surface area contributed by atoms with Crippen LogP contribution in [0.15, 0.2) is 110 Å². The molecule has 0 aliphatic carbocycles. The minimum atomic E-state index is -6.12. The second-order valence-electron chi connectivity index (χ2n) is 32.7. The first kappa shape index (κ1) is 105. The van der Waals surface area contributed by atoms with Crippen LogP contribution in [0.3, 0.4) is 0 Å². The van der Waals surface area contributed by atoms with Gasteiger partial charge in [0.05, 0.1) is 71.6 Å². The summed E-state index contributed by atoms with van der Waals surface area (Å²) in [5.41, 5.74) is 21.4. The molecule has 0 spiro atoms. The molecule has 18 rings (SSSR count). The predicted octanol–water partition coefficient (Wildman–Crippen LogP) is -9.92. The first-order chi connectivity index (χ1) is 69.0. The maximum absolute atomic E-state index is 14.7. The van der Waals surface area contributed by atoms with Gasteiger partial charge in [-0.1, -0.05) is 0 Å². The molecule has 11 aromatic heterocycles. The molecule has 7 aliphatic heterocycles. The monoisotopic (exact) mass is 2190 g/mol. The molecule has 79 heteroatoms. The lowest BCUT2D eigenvalue weighted by atomic mass is 10.1. The number of H-pyrrole nitrogens is 3. The van der Waals surface area contributed by atoms with Gasteiger partial charge in [-0.25, -0.2) is 91.6 Å². The summed E-state index contributed by atoms with van der Waals surface area (Å²) in [7, 11) is -35.6. The number of nitrogens with one attached hydrogen (secondary N) is 3. The molecule has 73 nitrogen and oxygen atoms in total. The number of nitrogens with zero attached hydrogens (tertiary/aromatic N) is 19. The van der Waals surface area contributed by atoms with Gasteiger partial charge in [0.15, 0.2) is 89.2 Å². The van der Waals surface area contributed by atoms with Crippen LogP contribution in [0.25, 0.3) is 44.7 Å². The number of nitrogen functional groups attached to an aromatic ring is 5. The fraction of sp³-hybridized carbons (Fsp3) is 0.522. The number of ether oxygens (including phenoxy) is 7. The molecule has 0 bridgehead atoms. The average Bonchev–Trinajstić information content (AvgIpc) is 1.55. The van der Waals surface area contributed by atoms with E-state index in [1.165, 1.54) is 0 Å². The standard InChI is InChI=1S/C67H83N27O46P6/c68-28-1-4-88(65(107)83-28)58-38(101)44(136-143(114,115)126-12-26-46(40(103)61(133-26)92-18-80-32-50(70)74-15-77-53(32)92)138-141(110,111)122-8-22-35(98)36(99)57(129-22)89-5-2-29(96)84-66(89)108)23(130-58)9-124-146(120,121)140-48-27(134-63(42(48)105)94-20-82-34-55(94)86-64(72)87-56(34)106)13-127-144(116,117)137-45-24(131-59(39(45)102)90-6-3-30(97)85-67(90)109)10-125-145(118,119)139-47-25(132-62(41(47)104)93-19-81-33-51(71)75-16-78-54(33)93)11-123-142(112,113)135-43-21(7-95)128-60(37(43)100)91-17-79-31-49(69)73-14-76-52(31)91/h1-6,14-27,35-48,57-63,95,98-105H,7-13H2,(H,110,111)(H,112,113)(H,114,115)(H,116,117)(H,118,119)(H,120,121)(H2,68,83,107)(H2,69,73,76)(H2,70,74,77)(H2,71,75,78)(H,84,96,108)(H,85,97,109)(H3,72,86,87,106)/t21-,22-,23-,24-,25-,26-,27-,35-,36-,37-,38-,39-,40-,41-,42-,43-,44-,45-,46-,47-,48-,57-,58-,59-,60-,61-,62-,63-/m1/s1. The van der Waals surface area contributed by atoms with E-state index in [0.717, 1.165) is 99.3 Å². The van der Waals surface area contributed by atoms with E-state index in [1.807, 2.05) is 9.97 Å². The second-order valence-corrected chi connectivity index (χ2v) is 41.1. The van der Waals surface area contributed by atoms with Gasteiger partial charge in [0.25, 0.3) is 16.7 Å². The topological polar surface area (TPSA) is 1050 Å². The number of aliphatic hydroxyl groups excluding tert-OH is 9. The van der Waals surface area contributed by atoms with Crippen LogP contribution in [-0.4, -0.2) is 356 Å². The van der Waals surface area contributed by atoms with E-state index in [0.29, 0.717) is 13.7 Å². The highest BCUT2D eigenvalue weighted by atomic mass is 31.2. The Morgan fingerprint density at radius 3 is 0.911 bits per heavy atom. The van der Waals surface area contributed by atoms with Gasteiger partial charge < -0.3 is 137 Å². The van der Waals surface area contributed by atoms with Crippen molar-refractivity contribution < 1.29 is 190 Å². The number of aromatic amines is 3. The normalized spacial score (nSPS) is 32.7. The van der Waals surface area contributed by atoms with Crippen molar-refractivity contribution in [3.8, 4) is 0 Å². The number of imidazole rings is 4. The van der Waals surface area contributed by atoms with Gasteiger partial charge in [-0.3, -0.25) is 116 Å². The molecule has 28 N–H and O–H groups in total. The fourth-order valence-electron chi connectivity index (χ4n) is 16.7. The highest BCUT2D eigenvalue weighted by Crippen LogP contribution is 2.58. The quantitative estimate of drug-likeness (QED) is 0.0160. The zero-order valence-corrected chi connectivity index (χ0v) is 78.4. The summed E-state index contributed by atoms with van der Waals surface area (Å²) in [4.78, 5) is 199. The van der Waals surface area contributed by atoms with Gasteiger partial charge in [0, 0.05) is 30.7 Å². The Kier molecular flexibility index (Phi) is 29.5. The van der Waals surface area contributed by atoms with Gasteiger partial charge >= 0.3 is 64.0 Å². The lowest BCUT2D eigenvalue weighted by Crippen LogP contribution is -2.39. The van der Waals surface area contributed by atoms with Gasteiger partial charge in [0.2, 0.25) is 5.95 Å². The first-order valence-electron chi connectivity index (χ1n) is 42.1. The lowest BCUT2D eigenvalue weighted by molar-refractivity contribution is -0.0662. The van der Waals surface area contributed by atoms with E-state index in [9.17, 15) is 131 Å². The Morgan fingerprint density at radius 1 is 0.315 bits per heavy atom.